The average Bonchev–Trinajstić information content (AvgIpc) is 2.49. The summed E-state index contributed by atoms with van der Waals surface area (Å²) in [6, 6.07) is 3.88. The molecule has 0 heterocycles. The van der Waals surface area contributed by atoms with Gasteiger partial charge in [-0.1, -0.05) is 0 Å². The van der Waals surface area contributed by atoms with E-state index >= 15 is 0 Å². The number of benzene rings is 1. The molecule has 0 spiro atoms. The second kappa shape index (κ2) is 8.42. The van der Waals surface area contributed by atoms with E-state index in [0.29, 0.717) is 0 Å². The summed E-state index contributed by atoms with van der Waals surface area (Å²) >= 11 is 0. The number of ether oxygens (including phenoxy) is 2. The number of nitrogens with one attached hydrogen (secondary N) is 1. The van der Waals surface area contributed by atoms with Crippen molar-refractivity contribution >= 4 is 17.8 Å². The van der Waals surface area contributed by atoms with Crippen LogP contribution in [0.25, 0.3) is 0 Å². The number of hydrogen-bond donors (Lipinski definition) is 1. The van der Waals surface area contributed by atoms with Gasteiger partial charge in [0, 0.05) is 12.0 Å². The minimum absolute atomic E-state index is 0.0362. The Morgan fingerprint density at radius 1 is 1.17 bits per heavy atom. The fraction of sp³-hybridized carbons (Fsp3) is 0.471. The second-order valence-corrected chi connectivity index (χ2v) is 6.18. The van der Waals surface area contributed by atoms with E-state index in [4.69, 9.17) is 4.74 Å². The van der Waals surface area contributed by atoms with Crippen LogP contribution in [0, 0.1) is 5.82 Å². The number of esters is 2. The molecule has 0 aliphatic rings. The molecule has 24 heavy (non-hydrogen) atoms. The number of rotatable bonds is 6. The first-order valence-corrected chi connectivity index (χ1v) is 7.48. The number of carbonyl (C=O) groups is 3. The van der Waals surface area contributed by atoms with Crippen LogP contribution in [-0.4, -0.2) is 36.6 Å². The van der Waals surface area contributed by atoms with E-state index in [1.165, 1.54) is 19.2 Å². The first-order chi connectivity index (χ1) is 11.1. The van der Waals surface area contributed by atoms with Crippen LogP contribution in [0.1, 0.15) is 44.0 Å². The third-order valence-electron chi connectivity index (χ3n) is 2.95. The van der Waals surface area contributed by atoms with Gasteiger partial charge in [-0.2, -0.15) is 0 Å². The SMILES string of the molecule is COC(=O)[C@@H](CCC(=O)OC(C)(C)C)NC(=O)c1ccc(F)cc1. The molecule has 0 unspecified atom stereocenters. The topological polar surface area (TPSA) is 81.7 Å². The molecule has 0 saturated heterocycles. The van der Waals surface area contributed by atoms with E-state index in [-0.39, 0.29) is 18.4 Å². The molecule has 0 radical (unpaired) electrons. The minimum Gasteiger partial charge on any atom is -0.467 e. The van der Waals surface area contributed by atoms with Gasteiger partial charge in [0.1, 0.15) is 17.5 Å². The van der Waals surface area contributed by atoms with Gasteiger partial charge in [-0.15, -0.1) is 0 Å². The summed E-state index contributed by atoms with van der Waals surface area (Å²) in [7, 11) is 1.19. The molecule has 6 nitrogen and oxygen atoms in total. The Balaban J connectivity index is 2.68. The van der Waals surface area contributed by atoms with Crippen molar-refractivity contribution < 1.29 is 28.2 Å². The molecule has 1 amide bonds. The lowest BCUT2D eigenvalue weighted by Gasteiger charge is -2.21. The molecule has 1 aromatic carbocycles. The third-order valence-corrected chi connectivity index (χ3v) is 2.95. The van der Waals surface area contributed by atoms with Gasteiger partial charge in [0.15, 0.2) is 0 Å². The molecule has 7 heteroatoms. The van der Waals surface area contributed by atoms with Crippen molar-refractivity contribution in [2.45, 2.75) is 45.3 Å². The Morgan fingerprint density at radius 2 is 1.75 bits per heavy atom. The first kappa shape index (κ1) is 19.6. The Kier molecular flexibility index (Phi) is 6.88. The fourth-order valence-corrected chi connectivity index (χ4v) is 1.89. The Morgan fingerprint density at radius 3 is 2.25 bits per heavy atom. The smallest absolute Gasteiger partial charge is 0.328 e. The lowest BCUT2D eigenvalue weighted by atomic mass is 10.1. The van der Waals surface area contributed by atoms with Gasteiger partial charge in [-0.25, -0.2) is 9.18 Å². The first-order valence-electron chi connectivity index (χ1n) is 7.48. The zero-order valence-corrected chi connectivity index (χ0v) is 14.2. The molecule has 1 aromatic rings. The summed E-state index contributed by atoms with van der Waals surface area (Å²) in [5.41, 5.74) is -0.433. The highest BCUT2D eigenvalue weighted by atomic mass is 19.1. The zero-order chi connectivity index (χ0) is 18.3. The van der Waals surface area contributed by atoms with E-state index in [1.807, 2.05) is 0 Å². The van der Waals surface area contributed by atoms with Crippen LogP contribution in [0.15, 0.2) is 24.3 Å². The molecule has 1 N–H and O–H groups in total. The number of hydrogen-bond acceptors (Lipinski definition) is 5. The van der Waals surface area contributed by atoms with Crippen LogP contribution in [0.2, 0.25) is 0 Å². The van der Waals surface area contributed by atoms with E-state index in [1.54, 1.807) is 20.8 Å². The van der Waals surface area contributed by atoms with Crippen LogP contribution in [0.4, 0.5) is 4.39 Å². The predicted molar refractivity (Wildman–Crippen MR) is 84.7 cm³/mol. The predicted octanol–water partition coefficient (Wildman–Crippen LogP) is 2.22. The lowest BCUT2D eigenvalue weighted by molar-refractivity contribution is -0.155. The van der Waals surface area contributed by atoms with Crippen LogP contribution in [0.5, 0.6) is 0 Å². The van der Waals surface area contributed by atoms with Crippen molar-refractivity contribution in [1.29, 1.82) is 0 Å². The molecule has 1 rings (SSSR count). The Hall–Kier alpha value is -2.44. The van der Waals surface area contributed by atoms with Crippen LogP contribution in [-0.2, 0) is 19.1 Å². The number of carbonyl (C=O) groups excluding carboxylic acids is 3. The molecule has 0 aliphatic carbocycles. The van der Waals surface area contributed by atoms with Crippen LogP contribution < -0.4 is 5.32 Å². The van der Waals surface area contributed by atoms with Gasteiger partial charge in [0.25, 0.3) is 5.91 Å². The Labute approximate surface area is 140 Å². The molecule has 0 aromatic heterocycles. The largest absolute Gasteiger partial charge is 0.467 e. The summed E-state index contributed by atoms with van der Waals surface area (Å²) in [6.45, 7) is 5.21. The maximum atomic E-state index is 12.9. The van der Waals surface area contributed by atoms with Crippen molar-refractivity contribution in [1.82, 2.24) is 5.32 Å². The summed E-state index contributed by atoms with van der Waals surface area (Å²) in [5.74, 6) is -2.18. The maximum Gasteiger partial charge on any atom is 0.328 e. The standard InChI is InChI=1S/C17H22FNO5/c1-17(2,3)24-14(20)10-9-13(16(22)23-4)19-15(21)11-5-7-12(18)8-6-11/h5-8,13H,9-10H2,1-4H3,(H,19,21)/t13-/m1/s1. The quantitative estimate of drug-likeness (QED) is 0.804. The summed E-state index contributed by atoms with van der Waals surface area (Å²) < 4.78 is 22.7. The lowest BCUT2D eigenvalue weighted by Crippen LogP contribution is -2.42. The number of amides is 1. The molecule has 0 fully saturated rings. The van der Waals surface area contributed by atoms with Crippen molar-refractivity contribution in [3.63, 3.8) is 0 Å². The van der Waals surface area contributed by atoms with E-state index in [9.17, 15) is 18.8 Å². The maximum absolute atomic E-state index is 12.9. The van der Waals surface area contributed by atoms with Gasteiger partial charge >= 0.3 is 11.9 Å². The Bertz CT molecular complexity index is 592. The molecular formula is C17H22FNO5. The van der Waals surface area contributed by atoms with Gasteiger partial charge in [0.2, 0.25) is 0 Å². The van der Waals surface area contributed by atoms with Gasteiger partial charge in [-0.3, -0.25) is 9.59 Å². The second-order valence-electron chi connectivity index (χ2n) is 6.18. The normalized spacial score (nSPS) is 12.2. The molecular weight excluding hydrogens is 317 g/mol. The van der Waals surface area contributed by atoms with Gasteiger partial charge in [0.05, 0.1) is 7.11 Å². The van der Waals surface area contributed by atoms with E-state index in [2.05, 4.69) is 10.1 Å². The molecule has 1 atom stereocenters. The van der Waals surface area contributed by atoms with Crippen molar-refractivity contribution in [3.8, 4) is 0 Å². The van der Waals surface area contributed by atoms with Gasteiger partial charge < -0.3 is 14.8 Å². The monoisotopic (exact) mass is 339 g/mol. The summed E-state index contributed by atoms with van der Waals surface area (Å²) in [5, 5.41) is 2.48. The van der Waals surface area contributed by atoms with Crippen LogP contribution in [0.3, 0.4) is 0 Å². The van der Waals surface area contributed by atoms with Gasteiger partial charge in [-0.05, 0) is 51.5 Å². The number of methoxy groups -OCH3 is 1. The van der Waals surface area contributed by atoms with Crippen molar-refractivity contribution in [3.05, 3.63) is 35.6 Å². The molecule has 0 aliphatic heterocycles. The fourth-order valence-electron chi connectivity index (χ4n) is 1.89. The molecule has 0 bridgehead atoms. The minimum atomic E-state index is -1.000. The molecule has 132 valence electrons. The van der Waals surface area contributed by atoms with Crippen molar-refractivity contribution in [2.24, 2.45) is 0 Å². The summed E-state index contributed by atoms with van der Waals surface area (Å²) in [4.78, 5) is 35.6. The van der Waals surface area contributed by atoms with Crippen molar-refractivity contribution in [2.75, 3.05) is 7.11 Å². The third kappa shape index (κ3) is 6.76. The average molecular weight is 339 g/mol. The summed E-state index contributed by atoms with van der Waals surface area (Å²) in [6.07, 6.45) is -0.0186. The molecule has 0 saturated carbocycles. The highest BCUT2D eigenvalue weighted by molar-refractivity contribution is 5.96. The highest BCUT2D eigenvalue weighted by Crippen LogP contribution is 2.11. The number of halogens is 1. The van der Waals surface area contributed by atoms with E-state index in [0.717, 1.165) is 12.1 Å². The van der Waals surface area contributed by atoms with Crippen LogP contribution >= 0.6 is 0 Å². The zero-order valence-electron chi connectivity index (χ0n) is 14.2. The van der Waals surface area contributed by atoms with E-state index < -0.39 is 35.3 Å². The highest BCUT2D eigenvalue weighted by Gasteiger charge is 2.24.